The van der Waals surface area contributed by atoms with Crippen molar-refractivity contribution in [2.75, 3.05) is 13.1 Å². The highest BCUT2D eigenvalue weighted by atomic mass is 16.2. The fourth-order valence-corrected chi connectivity index (χ4v) is 2.14. The molecule has 0 aliphatic carbocycles. The number of carbonyl (C=O) groups is 2. The molecule has 0 saturated heterocycles. The van der Waals surface area contributed by atoms with E-state index in [1.807, 2.05) is 51.1 Å². The lowest BCUT2D eigenvalue weighted by Crippen LogP contribution is -2.44. The number of hydrogen-bond donors (Lipinski definition) is 2. The average molecular weight is 291 g/mol. The van der Waals surface area contributed by atoms with Crippen LogP contribution in [0.25, 0.3) is 0 Å². The molecular weight excluding hydrogens is 266 g/mol. The molecule has 0 radical (unpaired) electrons. The lowest BCUT2D eigenvalue weighted by molar-refractivity contribution is -0.130. The van der Waals surface area contributed by atoms with Gasteiger partial charge in [0.25, 0.3) is 0 Å². The lowest BCUT2D eigenvalue weighted by atomic mass is 10.1. The number of urea groups is 1. The van der Waals surface area contributed by atoms with E-state index in [-0.39, 0.29) is 24.0 Å². The molecule has 2 N–H and O–H groups in total. The van der Waals surface area contributed by atoms with Gasteiger partial charge in [0, 0.05) is 26.1 Å². The van der Waals surface area contributed by atoms with Crippen molar-refractivity contribution in [3.63, 3.8) is 0 Å². The first kappa shape index (κ1) is 17.0. The van der Waals surface area contributed by atoms with Gasteiger partial charge in [0.2, 0.25) is 5.91 Å². The van der Waals surface area contributed by atoms with Crippen molar-refractivity contribution in [2.24, 2.45) is 0 Å². The summed E-state index contributed by atoms with van der Waals surface area (Å²) in [5, 5.41) is 5.51. The van der Waals surface area contributed by atoms with E-state index in [9.17, 15) is 9.59 Å². The summed E-state index contributed by atoms with van der Waals surface area (Å²) in [6.45, 7) is 8.25. The van der Waals surface area contributed by atoms with Gasteiger partial charge >= 0.3 is 6.03 Å². The van der Waals surface area contributed by atoms with E-state index in [0.29, 0.717) is 13.1 Å². The molecule has 0 fully saturated rings. The van der Waals surface area contributed by atoms with Crippen LogP contribution in [0.3, 0.4) is 0 Å². The Morgan fingerprint density at radius 2 is 1.76 bits per heavy atom. The molecule has 1 aromatic carbocycles. The van der Waals surface area contributed by atoms with Crippen molar-refractivity contribution < 1.29 is 9.59 Å². The van der Waals surface area contributed by atoms with Crippen LogP contribution in [0.4, 0.5) is 4.79 Å². The van der Waals surface area contributed by atoms with Gasteiger partial charge in [-0.1, -0.05) is 30.3 Å². The molecule has 3 amide bonds. The van der Waals surface area contributed by atoms with Crippen LogP contribution in [0.1, 0.15) is 39.3 Å². The third-order valence-electron chi connectivity index (χ3n) is 3.21. The second kappa shape index (κ2) is 8.29. The van der Waals surface area contributed by atoms with Gasteiger partial charge in [-0.3, -0.25) is 4.79 Å². The van der Waals surface area contributed by atoms with E-state index in [2.05, 4.69) is 10.6 Å². The number of benzene rings is 1. The standard InChI is InChI=1S/C16H25N3O2/c1-12(2)18-16(21)17-10-11-19(14(4)20)13(3)15-8-6-5-7-9-15/h5-9,12-13H,10-11H2,1-4H3,(H2,17,18,21). The summed E-state index contributed by atoms with van der Waals surface area (Å²) in [4.78, 5) is 25.1. The van der Waals surface area contributed by atoms with E-state index in [1.54, 1.807) is 11.8 Å². The molecule has 1 aromatic rings. The molecule has 0 spiro atoms. The van der Waals surface area contributed by atoms with E-state index >= 15 is 0 Å². The second-order valence-electron chi connectivity index (χ2n) is 5.35. The quantitative estimate of drug-likeness (QED) is 0.845. The largest absolute Gasteiger partial charge is 0.336 e. The molecule has 1 unspecified atom stereocenters. The fourth-order valence-electron chi connectivity index (χ4n) is 2.14. The summed E-state index contributed by atoms with van der Waals surface area (Å²) in [7, 11) is 0. The molecule has 0 heterocycles. The van der Waals surface area contributed by atoms with Crippen molar-refractivity contribution in [3.8, 4) is 0 Å². The van der Waals surface area contributed by atoms with Crippen molar-refractivity contribution in [3.05, 3.63) is 35.9 Å². The third kappa shape index (κ3) is 5.85. The molecule has 5 nitrogen and oxygen atoms in total. The van der Waals surface area contributed by atoms with Gasteiger partial charge in [-0.05, 0) is 26.3 Å². The molecule has 1 atom stereocenters. The van der Waals surface area contributed by atoms with Crippen LogP contribution < -0.4 is 10.6 Å². The Bertz CT molecular complexity index is 460. The number of nitrogens with one attached hydrogen (secondary N) is 2. The SMILES string of the molecule is CC(=O)N(CCNC(=O)NC(C)C)C(C)c1ccccc1. The Morgan fingerprint density at radius 3 is 2.29 bits per heavy atom. The maximum absolute atomic E-state index is 11.8. The van der Waals surface area contributed by atoms with E-state index in [0.717, 1.165) is 5.56 Å². The monoisotopic (exact) mass is 291 g/mol. The minimum absolute atomic E-state index is 0.00239. The summed E-state index contributed by atoms with van der Waals surface area (Å²) in [5.41, 5.74) is 1.08. The van der Waals surface area contributed by atoms with Gasteiger partial charge in [0.1, 0.15) is 0 Å². The van der Waals surface area contributed by atoms with Crippen LogP contribution in [0, 0.1) is 0 Å². The third-order valence-corrected chi connectivity index (χ3v) is 3.21. The summed E-state index contributed by atoms with van der Waals surface area (Å²) in [6.07, 6.45) is 0. The molecule has 116 valence electrons. The first-order chi connectivity index (χ1) is 9.91. The van der Waals surface area contributed by atoms with E-state index < -0.39 is 0 Å². The fraction of sp³-hybridized carbons (Fsp3) is 0.500. The van der Waals surface area contributed by atoms with Crippen LogP contribution in [-0.4, -0.2) is 36.0 Å². The number of nitrogens with zero attached hydrogens (tertiary/aromatic N) is 1. The zero-order chi connectivity index (χ0) is 15.8. The van der Waals surface area contributed by atoms with Gasteiger partial charge in [0.05, 0.1) is 6.04 Å². The minimum Gasteiger partial charge on any atom is -0.336 e. The Morgan fingerprint density at radius 1 is 1.14 bits per heavy atom. The molecule has 0 aliphatic heterocycles. The van der Waals surface area contributed by atoms with Crippen LogP contribution in [0.15, 0.2) is 30.3 Å². The Kier molecular flexibility index (Phi) is 6.72. The first-order valence-corrected chi connectivity index (χ1v) is 7.28. The Hall–Kier alpha value is -2.04. The van der Waals surface area contributed by atoms with Crippen molar-refractivity contribution >= 4 is 11.9 Å². The van der Waals surface area contributed by atoms with Gasteiger partial charge < -0.3 is 15.5 Å². The van der Waals surface area contributed by atoms with Gasteiger partial charge in [-0.25, -0.2) is 4.79 Å². The van der Waals surface area contributed by atoms with Crippen molar-refractivity contribution in [1.29, 1.82) is 0 Å². The number of amides is 3. The highest BCUT2D eigenvalue weighted by molar-refractivity contribution is 5.75. The zero-order valence-electron chi connectivity index (χ0n) is 13.2. The summed E-state index contributed by atoms with van der Waals surface area (Å²) < 4.78 is 0. The molecule has 0 bridgehead atoms. The molecule has 5 heteroatoms. The summed E-state index contributed by atoms with van der Waals surface area (Å²) in [6, 6.07) is 9.74. The van der Waals surface area contributed by atoms with Crippen LogP contribution in [0.5, 0.6) is 0 Å². The molecular formula is C16H25N3O2. The number of carbonyl (C=O) groups excluding carboxylic acids is 2. The van der Waals surface area contributed by atoms with Gasteiger partial charge in [0.15, 0.2) is 0 Å². The second-order valence-corrected chi connectivity index (χ2v) is 5.35. The number of rotatable bonds is 6. The first-order valence-electron chi connectivity index (χ1n) is 7.28. The average Bonchev–Trinajstić information content (AvgIpc) is 2.42. The Labute approximate surface area is 126 Å². The highest BCUT2D eigenvalue weighted by Crippen LogP contribution is 2.19. The van der Waals surface area contributed by atoms with Crippen LogP contribution >= 0.6 is 0 Å². The molecule has 21 heavy (non-hydrogen) atoms. The molecule has 0 saturated carbocycles. The highest BCUT2D eigenvalue weighted by Gasteiger charge is 2.18. The predicted molar refractivity (Wildman–Crippen MR) is 83.9 cm³/mol. The maximum Gasteiger partial charge on any atom is 0.315 e. The molecule has 0 aliphatic rings. The van der Waals surface area contributed by atoms with Gasteiger partial charge in [-0.2, -0.15) is 0 Å². The zero-order valence-corrected chi connectivity index (χ0v) is 13.2. The smallest absolute Gasteiger partial charge is 0.315 e. The van der Waals surface area contributed by atoms with Crippen molar-refractivity contribution in [2.45, 2.75) is 39.8 Å². The van der Waals surface area contributed by atoms with Crippen LogP contribution in [-0.2, 0) is 4.79 Å². The maximum atomic E-state index is 11.8. The molecule has 0 aromatic heterocycles. The summed E-state index contributed by atoms with van der Waals surface area (Å²) >= 11 is 0. The Balaban J connectivity index is 2.55. The number of hydrogen-bond acceptors (Lipinski definition) is 2. The van der Waals surface area contributed by atoms with Gasteiger partial charge in [-0.15, -0.1) is 0 Å². The summed E-state index contributed by atoms with van der Waals surface area (Å²) in [5.74, 6) is -0.00239. The molecule has 1 rings (SSSR count). The van der Waals surface area contributed by atoms with E-state index in [4.69, 9.17) is 0 Å². The van der Waals surface area contributed by atoms with Crippen LogP contribution in [0.2, 0.25) is 0 Å². The van der Waals surface area contributed by atoms with Crippen molar-refractivity contribution in [1.82, 2.24) is 15.5 Å². The minimum atomic E-state index is -0.208. The normalized spacial score (nSPS) is 11.9. The van der Waals surface area contributed by atoms with E-state index in [1.165, 1.54) is 0 Å². The predicted octanol–water partition coefficient (Wildman–Crippen LogP) is 2.30. The lowest BCUT2D eigenvalue weighted by Gasteiger charge is -2.28. The topological polar surface area (TPSA) is 61.4 Å².